The molecule has 21 rings (SSSR count). The maximum absolute atomic E-state index is 11.0. The van der Waals surface area contributed by atoms with Gasteiger partial charge in [-0.25, -0.2) is 4.98 Å². The van der Waals surface area contributed by atoms with Gasteiger partial charge < -0.3 is 22.7 Å². The fraction of sp³-hybridized carbons (Fsp3) is 0.0400. The van der Waals surface area contributed by atoms with Gasteiger partial charge in [0.25, 0.3) is 6.33 Å². The van der Waals surface area contributed by atoms with E-state index in [9.17, 15) is 21.9 Å². The van der Waals surface area contributed by atoms with Gasteiger partial charge in [-0.15, -0.1) is 29.7 Å². The number of furan rings is 2. The second-order valence-corrected chi connectivity index (χ2v) is 31.4. The number of hydrogen-bond acceptors (Lipinski definition) is 4. The van der Waals surface area contributed by atoms with Gasteiger partial charge in [0.1, 0.15) is 28.1 Å². The van der Waals surface area contributed by atoms with Crippen LogP contribution in [-0.4, -0.2) is 22.2 Å². The fourth-order valence-electron chi connectivity index (χ4n) is 15.8. The number of fused-ring (bicyclic) bond motifs is 16. The summed E-state index contributed by atoms with van der Waals surface area (Å²) in [6, 6.07) is 60.2. The van der Waals surface area contributed by atoms with Gasteiger partial charge in [0.15, 0.2) is 8.07 Å². The van der Waals surface area contributed by atoms with Crippen molar-refractivity contribution in [3.63, 3.8) is 0 Å². The van der Waals surface area contributed by atoms with E-state index in [1.165, 1.54) is 0 Å². The molecule has 0 aliphatic carbocycles. The van der Waals surface area contributed by atoms with Gasteiger partial charge in [0, 0.05) is 65.8 Å². The minimum Gasteiger partial charge on any atom is -0.510 e. The van der Waals surface area contributed by atoms with E-state index in [1.807, 2.05) is 179 Å². The molecule has 0 amide bonds. The molecule has 0 spiro atoms. The van der Waals surface area contributed by atoms with Gasteiger partial charge in [-0.05, 0) is 176 Å². The number of hydrogen-bond donors (Lipinski definition) is 0. The smallest absolute Gasteiger partial charge is 0.268 e. The SMILES string of the molecule is [2H]c1c([2H])c([2H])c([Si](c2c([2H])c([2H])c([2H])c([2H])c2[2H])(c2c([2H])c([2H])c([2H])c([2H])c2[2H])c2c([2H])c([2H])c([2H])c(-c3ccc4c(c3)-c3cccc(-c5ccc6oc7ccccc7c6c5)c3-[n+]3[c-]n(-c5[c-]c(Oc6[c-]c7c(cc6)c6ccccc6n7-c6cc(C(C)(C)C)ccn6)ccc5)c5cc(-c6ccc7oc8ccccc8c7c6)cc(c53)-c3ccccc3-4)c2[2H])c([2H])c1[2H].[Pt]. The Morgan fingerprint density at radius 1 is 0.413 bits per heavy atom. The van der Waals surface area contributed by atoms with Crippen molar-refractivity contribution in [2.45, 2.75) is 26.2 Å². The number of imidazole rings is 1. The third-order valence-electron chi connectivity index (χ3n) is 20.8. The first-order valence-electron chi connectivity index (χ1n) is 44.7. The zero-order chi connectivity index (χ0) is 88.3. The summed E-state index contributed by atoms with van der Waals surface area (Å²) in [5, 5.41) is 1.68. The van der Waals surface area contributed by atoms with E-state index in [4.69, 9.17) is 22.7 Å². The van der Waals surface area contributed by atoms with Crippen molar-refractivity contribution in [2.75, 3.05) is 0 Å². The minimum absolute atomic E-state index is 0. The molecular formula is C100H66N4O3PtSi-2. The molecule has 1 aliphatic rings. The molecule has 6 heterocycles. The Morgan fingerprint density at radius 3 is 1.68 bits per heavy atom. The van der Waals surface area contributed by atoms with Crippen LogP contribution in [0.5, 0.6) is 11.5 Å². The summed E-state index contributed by atoms with van der Waals surface area (Å²) in [4.78, 5) is 4.93. The molecule has 109 heavy (non-hydrogen) atoms. The molecular weight excluding hydrogens is 1530 g/mol. The van der Waals surface area contributed by atoms with E-state index >= 15 is 0 Å². The normalized spacial score (nSPS) is 14.5. The number of para-hydroxylation sites is 4. The summed E-state index contributed by atoms with van der Waals surface area (Å²) >= 11 is 0. The van der Waals surface area contributed by atoms with Crippen molar-refractivity contribution in [3.05, 3.63) is 369 Å². The molecule has 520 valence electrons. The van der Waals surface area contributed by atoms with Crippen molar-refractivity contribution in [2.24, 2.45) is 0 Å². The maximum Gasteiger partial charge on any atom is 0.268 e. The number of ether oxygens (including phenoxy) is 1. The Labute approximate surface area is 672 Å². The van der Waals surface area contributed by atoms with Crippen LogP contribution >= 0.6 is 0 Å². The van der Waals surface area contributed by atoms with Crippen LogP contribution in [0, 0.1) is 18.5 Å². The van der Waals surface area contributed by atoms with E-state index in [-0.39, 0.29) is 32.0 Å². The molecule has 0 N–H and O–H groups in total. The van der Waals surface area contributed by atoms with Crippen LogP contribution < -0.4 is 30.1 Å². The summed E-state index contributed by atoms with van der Waals surface area (Å²) in [5.74, 6) is 1.46. The van der Waals surface area contributed by atoms with E-state index in [2.05, 4.69) is 86.3 Å². The summed E-state index contributed by atoms with van der Waals surface area (Å²) < 4.78 is 209. The van der Waals surface area contributed by atoms with E-state index < -0.39 is 149 Å². The van der Waals surface area contributed by atoms with Gasteiger partial charge in [0.05, 0.1) is 42.8 Å². The van der Waals surface area contributed by atoms with E-state index in [1.54, 1.807) is 18.2 Å². The van der Waals surface area contributed by atoms with Crippen molar-refractivity contribution in [3.8, 4) is 95.5 Å². The second kappa shape index (κ2) is 25.9. The maximum atomic E-state index is 11.0. The molecule has 0 bridgehead atoms. The molecule has 0 atom stereocenters. The predicted octanol–water partition coefficient (Wildman–Crippen LogP) is 22.4. The number of benzene rings is 15. The number of nitrogens with zero attached hydrogens (tertiary/aromatic N) is 4. The van der Waals surface area contributed by atoms with Crippen molar-refractivity contribution < 1.29 is 65.2 Å². The summed E-state index contributed by atoms with van der Waals surface area (Å²) in [6.07, 6.45) is 5.76. The molecule has 0 saturated carbocycles. The average molecular weight is 1610 g/mol. The Morgan fingerprint density at radius 2 is 0.972 bits per heavy atom. The molecule has 20 aromatic rings. The van der Waals surface area contributed by atoms with E-state index in [0.717, 1.165) is 82.6 Å². The Bertz CT molecular complexity index is 8030. The molecule has 0 unspecified atom stereocenters. The molecule has 15 aromatic carbocycles. The molecule has 9 heteroatoms. The second-order valence-electron chi connectivity index (χ2n) is 27.9. The third kappa shape index (κ3) is 10.7. The number of pyridine rings is 1. The number of rotatable bonds is 11. The summed E-state index contributed by atoms with van der Waals surface area (Å²) in [6.45, 7) is 6.51. The van der Waals surface area contributed by atoms with Crippen LogP contribution in [-0.2, 0) is 26.5 Å². The first-order chi connectivity index (χ1) is 61.0. The first kappa shape index (κ1) is 48.3. The zero-order valence-electron chi connectivity index (χ0n) is 77.3. The zero-order valence-corrected chi connectivity index (χ0v) is 61.5. The standard InChI is InChI=1S/C100H66N4O3Si.Pt/c1-100(2,3)69-52-53-101-97(60-69)104-90-41-18-15-36-81(90)82-49-47-72(62-91(82)104)105-71-26-22-25-70(61-71)102-63-103-98-77(67-46-51-96-88(57-67)84-38-17-20-43-94(84)107-96)39-23-40-85(98)86-55-65(64-24-21-33-76(54-64)108(73-27-7-4-8-28-73,74-29-9-5-10-30-74)75-31-11-6-12-32-75)44-48-80(86)78-34-13-14-35-79(78)89-58-68(59-92(102)99(89)103)66-45-50-95-87(56-66)83-37-16-19-42-93(83)106-95;/h4-60H,1-3H3;/q-2;/i4D,5D,6D,7D,8D,9D,10D,11D,12D,21D,24D,27D,28D,29D,30D,31D,32D,33D,54D;. The summed E-state index contributed by atoms with van der Waals surface area (Å²) in [5.41, 5.74) is 13.8. The quantitative estimate of drug-likeness (QED) is 0.0560. The molecule has 0 radical (unpaired) electrons. The Kier molecular flexibility index (Phi) is 11.5. The summed E-state index contributed by atoms with van der Waals surface area (Å²) in [7, 11) is -6.27. The fourth-order valence-corrected chi connectivity index (χ4v) is 19.3. The largest absolute Gasteiger partial charge is 0.510 e. The van der Waals surface area contributed by atoms with Crippen LogP contribution in [0.1, 0.15) is 52.4 Å². The molecule has 5 aromatic heterocycles. The Hall–Kier alpha value is -13.0. The van der Waals surface area contributed by atoms with Crippen LogP contribution in [0.4, 0.5) is 0 Å². The van der Waals surface area contributed by atoms with Gasteiger partial charge in [0.2, 0.25) is 0 Å². The van der Waals surface area contributed by atoms with Crippen LogP contribution in [0.3, 0.4) is 0 Å². The van der Waals surface area contributed by atoms with E-state index in [0.29, 0.717) is 84.0 Å². The van der Waals surface area contributed by atoms with Crippen molar-refractivity contribution in [1.82, 2.24) is 14.1 Å². The Balaban J connectivity index is 0.0000103. The minimum atomic E-state index is -6.27. The molecule has 1 aliphatic heterocycles. The van der Waals surface area contributed by atoms with Crippen LogP contribution in [0.15, 0.2) is 354 Å². The predicted molar refractivity (Wildman–Crippen MR) is 443 cm³/mol. The molecule has 7 nitrogen and oxygen atoms in total. The average Bonchev–Trinajstić information content (AvgIpc) is 0.867. The van der Waals surface area contributed by atoms with Gasteiger partial charge in [-0.3, -0.25) is 4.57 Å². The monoisotopic (exact) mass is 1610 g/mol. The van der Waals surface area contributed by atoms with Crippen molar-refractivity contribution in [1.29, 1.82) is 0 Å². The van der Waals surface area contributed by atoms with Gasteiger partial charge in [-0.1, -0.05) is 268 Å². The third-order valence-corrected chi connectivity index (χ3v) is 24.8. The van der Waals surface area contributed by atoms with Crippen LogP contribution in [0.2, 0.25) is 0 Å². The topological polar surface area (TPSA) is 62.1 Å². The number of aromatic nitrogens is 4. The first-order valence-corrected chi connectivity index (χ1v) is 37.2. The molecule has 0 fully saturated rings. The van der Waals surface area contributed by atoms with Gasteiger partial charge >= 0.3 is 0 Å². The van der Waals surface area contributed by atoms with Gasteiger partial charge in [-0.2, -0.15) is 18.2 Å². The molecule has 0 saturated heterocycles. The van der Waals surface area contributed by atoms with Crippen molar-refractivity contribution >= 4 is 106 Å². The van der Waals surface area contributed by atoms with Crippen LogP contribution in [0.25, 0.3) is 161 Å².